The zero-order chi connectivity index (χ0) is 12.0. The average molecular weight is 201 g/mol. The van der Waals surface area contributed by atoms with Crippen molar-refractivity contribution in [1.82, 2.24) is 5.32 Å². The van der Waals surface area contributed by atoms with Crippen LogP contribution < -0.4 is 5.32 Å². The van der Waals surface area contributed by atoms with E-state index in [0.717, 1.165) is 19.4 Å². The van der Waals surface area contributed by atoms with Gasteiger partial charge in [0.25, 0.3) is 0 Å². The number of hydrogen-bond donors (Lipinski definition) is 1. The predicted molar refractivity (Wildman–Crippen MR) is 65.4 cm³/mol. The number of nitrogens with one attached hydrogen (secondary N) is 1. The summed E-state index contributed by atoms with van der Waals surface area (Å²) in [6.45, 7) is 16.0. The van der Waals surface area contributed by atoms with Crippen molar-refractivity contribution in [3.05, 3.63) is 12.2 Å². The molecule has 0 bridgehead atoms. The lowest BCUT2D eigenvalue weighted by molar-refractivity contribution is -0.118. The van der Waals surface area contributed by atoms with Crippen LogP contribution in [0.15, 0.2) is 12.2 Å². The second-order valence-electron chi connectivity index (χ2n) is 2.54. The van der Waals surface area contributed by atoms with Gasteiger partial charge in [-0.25, -0.2) is 0 Å². The van der Waals surface area contributed by atoms with Gasteiger partial charge in [0, 0.05) is 13.5 Å². The minimum atomic E-state index is 0.0433. The maximum absolute atomic E-state index is 10.4. The van der Waals surface area contributed by atoms with Crippen molar-refractivity contribution < 1.29 is 4.79 Å². The summed E-state index contributed by atoms with van der Waals surface area (Å²) in [5, 5.41) is 2.72. The van der Waals surface area contributed by atoms with Gasteiger partial charge in [0.15, 0.2) is 0 Å². The fraction of sp³-hybridized carbons (Fsp3) is 0.750. The van der Waals surface area contributed by atoms with Crippen LogP contribution in [0.4, 0.5) is 0 Å². The lowest BCUT2D eigenvalue weighted by Crippen LogP contribution is -2.20. The number of allylic oxidation sites excluding steroid dienone is 1. The molecule has 0 aliphatic rings. The minimum absolute atomic E-state index is 0.0433. The van der Waals surface area contributed by atoms with Crippen molar-refractivity contribution in [2.24, 2.45) is 0 Å². The van der Waals surface area contributed by atoms with Gasteiger partial charge < -0.3 is 5.32 Å². The van der Waals surface area contributed by atoms with Crippen LogP contribution in [0.25, 0.3) is 0 Å². The predicted octanol–water partition coefficient (Wildman–Crippen LogP) is 3.53. The van der Waals surface area contributed by atoms with Crippen molar-refractivity contribution >= 4 is 5.91 Å². The summed E-state index contributed by atoms with van der Waals surface area (Å²) in [4.78, 5) is 10.4. The van der Waals surface area contributed by atoms with E-state index in [4.69, 9.17) is 0 Å². The van der Waals surface area contributed by atoms with Crippen LogP contribution in [0.5, 0.6) is 0 Å². The van der Waals surface area contributed by atoms with Crippen LogP contribution in [0.2, 0.25) is 0 Å². The smallest absolute Gasteiger partial charge is 0.216 e. The van der Waals surface area contributed by atoms with E-state index < -0.39 is 0 Å². The molecule has 0 saturated heterocycles. The number of amides is 1. The van der Waals surface area contributed by atoms with Crippen LogP contribution in [0.3, 0.4) is 0 Å². The molecule has 0 unspecified atom stereocenters. The van der Waals surface area contributed by atoms with Gasteiger partial charge in [-0.3, -0.25) is 4.79 Å². The van der Waals surface area contributed by atoms with Gasteiger partial charge in [-0.05, 0) is 19.8 Å². The molecule has 0 aromatic rings. The highest BCUT2D eigenvalue weighted by atomic mass is 16.1. The molecule has 86 valence electrons. The van der Waals surface area contributed by atoms with Crippen LogP contribution in [0.1, 0.15) is 54.4 Å². The normalized spacial score (nSPS) is 7.29. The largest absolute Gasteiger partial charge is 0.356 e. The Balaban J connectivity index is -0.000000266. The van der Waals surface area contributed by atoms with Crippen molar-refractivity contribution in [1.29, 1.82) is 0 Å². The SMILES string of the molecule is C=C(C)CCCNC(C)=O.CC.CC. The van der Waals surface area contributed by atoms with Crippen molar-refractivity contribution in [2.45, 2.75) is 54.4 Å². The summed E-state index contributed by atoms with van der Waals surface area (Å²) in [6, 6.07) is 0. The Morgan fingerprint density at radius 3 is 1.86 bits per heavy atom. The molecule has 0 heterocycles. The second-order valence-corrected chi connectivity index (χ2v) is 2.54. The highest BCUT2D eigenvalue weighted by Gasteiger charge is 1.89. The molecule has 0 aromatic carbocycles. The Morgan fingerprint density at radius 1 is 1.14 bits per heavy atom. The summed E-state index contributed by atoms with van der Waals surface area (Å²) in [5.74, 6) is 0.0433. The average Bonchev–Trinajstić information content (AvgIpc) is 2.18. The van der Waals surface area contributed by atoms with Gasteiger partial charge in [0.1, 0.15) is 0 Å². The van der Waals surface area contributed by atoms with Gasteiger partial charge in [-0.2, -0.15) is 0 Å². The van der Waals surface area contributed by atoms with Crippen molar-refractivity contribution in [3.8, 4) is 0 Å². The number of hydrogen-bond acceptors (Lipinski definition) is 1. The minimum Gasteiger partial charge on any atom is -0.356 e. The molecule has 1 amide bonds. The summed E-state index contributed by atoms with van der Waals surface area (Å²) in [5.41, 5.74) is 1.17. The molecule has 1 N–H and O–H groups in total. The number of carbonyl (C=O) groups is 1. The Bertz CT molecular complexity index is 114. The molecule has 0 atom stereocenters. The van der Waals surface area contributed by atoms with E-state index in [2.05, 4.69) is 11.9 Å². The molecule has 14 heavy (non-hydrogen) atoms. The molecule has 0 fully saturated rings. The van der Waals surface area contributed by atoms with E-state index in [1.54, 1.807) is 0 Å². The topological polar surface area (TPSA) is 29.1 Å². The highest BCUT2D eigenvalue weighted by molar-refractivity contribution is 5.72. The maximum Gasteiger partial charge on any atom is 0.216 e. The van der Waals surface area contributed by atoms with E-state index in [9.17, 15) is 4.79 Å². The van der Waals surface area contributed by atoms with Crippen LogP contribution >= 0.6 is 0 Å². The number of rotatable bonds is 4. The molecule has 2 heteroatoms. The third-order valence-corrected chi connectivity index (χ3v) is 1.15. The Morgan fingerprint density at radius 2 is 1.57 bits per heavy atom. The third kappa shape index (κ3) is 30.3. The molecule has 0 aliphatic heterocycles. The monoisotopic (exact) mass is 201 g/mol. The molecule has 0 radical (unpaired) electrons. The van der Waals surface area contributed by atoms with E-state index in [0.29, 0.717) is 0 Å². The summed E-state index contributed by atoms with van der Waals surface area (Å²) >= 11 is 0. The first kappa shape index (κ1) is 18.9. The van der Waals surface area contributed by atoms with Gasteiger partial charge >= 0.3 is 0 Å². The van der Waals surface area contributed by atoms with E-state index in [1.807, 2.05) is 34.6 Å². The molecular formula is C12H27NO. The lowest BCUT2D eigenvalue weighted by Gasteiger charge is -2.00. The van der Waals surface area contributed by atoms with Crippen molar-refractivity contribution in [2.75, 3.05) is 6.54 Å². The first-order valence-electron chi connectivity index (χ1n) is 5.51. The standard InChI is InChI=1S/C8H15NO.2C2H6/c1-7(2)5-4-6-9-8(3)10;2*1-2/h1,4-6H2,2-3H3,(H,9,10);2*1-2H3. The first-order valence-corrected chi connectivity index (χ1v) is 5.51. The fourth-order valence-electron chi connectivity index (χ4n) is 0.655. The molecule has 0 spiro atoms. The van der Waals surface area contributed by atoms with Gasteiger partial charge in [0.2, 0.25) is 5.91 Å². The van der Waals surface area contributed by atoms with Crippen molar-refractivity contribution in [3.63, 3.8) is 0 Å². The zero-order valence-electron chi connectivity index (χ0n) is 10.7. The second kappa shape index (κ2) is 18.1. The zero-order valence-corrected chi connectivity index (χ0v) is 10.7. The Hall–Kier alpha value is -0.790. The molecular weight excluding hydrogens is 174 g/mol. The Labute approximate surface area is 89.8 Å². The quantitative estimate of drug-likeness (QED) is 0.547. The van der Waals surface area contributed by atoms with Crippen LogP contribution in [-0.4, -0.2) is 12.5 Å². The fourth-order valence-corrected chi connectivity index (χ4v) is 0.655. The molecule has 0 rings (SSSR count). The summed E-state index contributed by atoms with van der Waals surface area (Å²) in [7, 11) is 0. The lowest BCUT2D eigenvalue weighted by atomic mass is 10.2. The highest BCUT2D eigenvalue weighted by Crippen LogP contribution is 1.97. The number of carbonyl (C=O) groups excluding carboxylic acids is 1. The summed E-state index contributed by atoms with van der Waals surface area (Å²) < 4.78 is 0. The summed E-state index contributed by atoms with van der Waals surface area (Å²) in [6.07, 6.45) is 2.00. The molecule has 0 saturated carbocycles. The van der Waals surface area contributed by atoms with Crippen LogP contribution in [-0.2, 0) is 4.79 Å². The molecule has 0 aliphatic carbocycles. The maximum atomic E-state index is 10.4. The van der Waals surface area contributed by atoms with Gasteiger partial charge in [0.05, 0.1) is 0 Å². The van der Waals surface area contributed by atoms with E-state index in [1.165, 1.54) is 12.5 Å². The van der Waals surface area contributed by atoms with Gasteiger partial charge in [-0.1, -0.05) is 33.3 Å². The van der Waals surface area contributed by atoms with Gasteiger partial charge in [-0.15, -0.1) is 6.58 Å². The van der Waals surface area contributed by atoms with E-state index >= 15 is 0 Å². The van der Waals surface area contributed by atoms with Crippen LogP contribution in [0, 0.1) is 0 Å². The third-order valence-electron chi connectivity index (χ3n) is 1.15. The molecule has 2 nitrogen and oxygen atoms in total. The Kier molecular flexibility index (Phi) is 24.4. The first-order chi connectivity index (χ1) is 6.63. The molecule has 0 aromatic heterocycles. The van der Waals surface area contributed by atoms with E-state index in [-0.39, 0.29) is 5.91 Å².